The lowest BCUT2D eigenvalue weighted by Crippen LogP contribution is -2.33. The van der Waals surface area contributed by atoms with Crippen molar-refractivity contribution in [2.45, 2.75) is 13.0 Å². The van der Waals surface area contributed by atoms with Crippen LogP contribution in [0, 0.1) is 0 Å². The fourth-order valence-corrected chi connectivity index (χ4v) is 0.815. The quantitative estimate of drug-likeness (QED) is 0.617. The first-order chi connectivity index (χ1) is 6.20. The Kier molecular flexibility index (Phi) is 3.57. The molecule has 0 saturated carbocycles. The lowest BCUT2D eigenvalue weighted by molar-refractivity contribution is -0.122. The summed E-state index contributed by atoms with van der Waals surface area (Å²) in [7, 11) is 0. The first-order valence-electron chi connectivity index (χ1n) is 4.11. The van der Waals surface area contributed by atoms with Crippen molar-refractivity contribution in [3.8, 4) is 0 Å². The lowest BCUT2D eigenvalue weighted by atomic mass is 10.4. The summed E-state index contributed by atoms with van der Waals surface area (Å²) in [5.74, 6) is -0.201. The van der Waals surface area contributed by atoms with E-state index in [2.05, 4.69) is 5.32 Å². The van der Waals surface area contributed by atoms with Gasteiger partial charge in [-0.1, -0.05) is 0 Å². The zero-order valence-electron chi connectivity index (χ0n) is 7.45. The minimum atomic E-state index is -0.561. The molecule has 5 heteroatoms. The Morgan fingerprint density at radius 1 is 1.77 bits per heavy atom. The van der Waals surface area contributed by atoms with E-state index < -0.39 is 6.10 Å². The van der Waals surface area contributed by atoms with E-state index in [1.807, 2.05) is 0 Å². The molecule has 2 N–H and O–H groups in total. The number of ether oxygens (including phenoxy) is 2. The van der Waals surface area contributed by atoms with Gasteiger partial charge in [-0.05, 0) is 6.92 Å². The zero-order valence-corrected chi connectivity index (χ0v) is 7.45. The van der Waals surface area contributed by atoms with E-state index in [1.54, 1.807) is 6.92 Å². The third-order valence-electron chi connectivity index (χ3n) is 1.43. The van der Waals surface area contributed by atoms with E-state index in [-0.39, 0.29) is 18.2 Å². The number of amides is 1. The average Bonchev–Trinajstić information content (AvgIpc) is 2.15. The van der Waals surface area contributed by atoms with E-state index in [9.17, 15) is 4.79 Å². The summed E-state index contributed by atoms with van der Waals surface area (Å²) in [6, 6.07) is 0. The van der Waals surface area contributed by atoms with Crippen LogP contribution >= 0.6 is 0 Å². The van der Waals surface area contributed by atoms with Gasteiger partial charge >= 0.3 is 0 Å². The number of aliphatic hydroxyl groups excluding tert-OH is 1. The average molecular weight is 187 g/mol. The van der Waals surface area contributed by atoms with Crippen LogP contribution in [0.5, 0.6) is 0 Å². The van der Waals surface area contributed by atoms with Crippen molar-refractivity contribution >= 4 is 5.91 Å². The minimum Gasteiger partial charge on any atom is -0.494 e. The molecule has 74 valence electrons. The SMILES string of the molecule is C[C@@H](O)CNC(=O)C1=COCCO1. The summed E-state index contributed by atoms with van der Waals surface area (Å²) in [5, 5.41) is 11.4. The van der Waals surface area contributed by atoms with E-state index >= 15 is 0 Å². The van der Waals surface area contributed by atoms with Crippen molar-refractivity contribution in [3.63, 3.8) is 0 Å². The molecule has 0 spiro atoms. The Labute approximate surface area is 76.3 Å². The van der Waals surface area contributed by atoms with Crippen LogP contribution in [-0.2, 0) is 14.3 Å². The Bertz CT molecular complexity index is 212. The Morgan fingerprint density at radius 2 is 2.54 bits per heavy atom. The number of aliphatic hydroxyl groups is 1. The van der Waals surface area contributed by atoms with Gasteiger partial charge in [0.1, 0.15) is 19.5 Å². The minimum absolute atomic E-state index is 0.159. The molecule has 0 saturated heterocycles. The largest absolute Gasteiger partial charge is 0.494 e. The third-order valence-corrected chi connectivity index (χ3v) is 1.43. The topological polar surface area (TPSA) is 67.8 Å². The van der Waals surface area contributed by atoms with Gasteiger partial charge in [-0.2, -0.15) is 0 Å². The zero-order chi connectivity index (χ0) is 9.68. The molecule has 0 radical (unpaired) electrons. The Hall–Kier alpha value is -1.23. The molecular formula is C8H13NO4. The second-order valence-electron chi connectivity index (χ2n) is 2.76. The molecular weight excluding hydrogens is 174 g/mol. The summed E-state index contributed by atoms with van der Waals surface area (Å²) >= 11 is 0. The van der Waals surface area contributed by atoms with Crippen LogP contribution in [-0.4, -0.2) is 36.9 Å². The van der Waals surface area contributed by atoms with Gasteiger partial charge in [0, 0.05) is 6.54 Å². The number of hydrogen-bond donors (Lipinski definition) is 2. The molecule has 0 fully saturated rings. The van der Waals surface area contributed by atoms with E-state index in [1.165, 1.54) is 6.26 Å². The molecule has 1 heterocycles. The van der Waals surface area contributed by atoms with Crippen LogP contribution in [0.15, 0.2) is 12.0 Å². The molecule has 0 aromatic rings. The Morgan fingerprint density at radius 3 is 3.08 bits per heavy atom. The molecule has 0 aromatic heterocycles. The third kappa shape index (κ3) is 3.33. The molecule has 1 aliphatic heterocycles. The van der Waals surface area contributed by atoms with Gasteiger partial charge in [0.05, 0.1) is 6.10 Å². The molecule has 0 aromatic carbocycles. The number of carbonyl (C=O) groups is 1. The number of nitrogens with one attached hydrogen (secondary N) is 1. The lowest BCUT2D eigenvalue weighted by Gasteiger charge is -2.15. The maximum absolute atomic E-state index is 11.2. The number of rotatable bonds is 3. The van der Waals surface area contributed by atoms with Gasteiger partial charge in [0.25, 0.3) is 5.91 Å². The predicted octanol–water partition coefficient (Wildman–Crippen LogP) is -0.628. The molecule has 1 amide bonds. The Balaban J connectivity index is 2.34. The molecule has 0 bridgehead atoms. The van der Waals surface area contributed by atoms with Crippen molar-refractivity contribution in [3.05, 3.63) is 12.0 Å². The first kappa shape index (κ1) is 9.85. The molecule has 1 atom stereocenters. The summed E-state index contributed by atoms with van der Waals surface area (Å²) in [5.41, 5.74) is 0. The summed E-state index contributed by atoms with van der Waals surface area (Å²) in [6.07, 6.45) is 0.718. The molecule has 1 aliphatic rings. The van der Waals surface area contributed by atoms with Crippen molar-refractivity contribution in [1.29, 1.82) is 0 Å². The van der Waals surface area contributed by atoms with Crippen molar-refractivity contribution in [1.82, 2.24) is 5.32 Å². The van der Waals surface area contributed by atoms with Crippen molar-refractivity contribution < 1.29 is 19.4 Å². The highest BCUT2D eigenvalue weighted by Gasteiger charge is 2.14. The van der Waals surface area contributed by atoms with E-state index in [0.29, 0.717) is 13.2 Å². The summed E-state index contributed by atoms with van der Waals surface area (Å²) in [4.78, 5) is 11.2. The van der Waals surface area contributed by atoms with Crippen LogP contribution in [0.25, 0.3) is 0 Å². The van der Waals surface area contributed by atoms with Crippen LogP contribution in [0.2, 0.25) is 0 Å². The van der Waals surface area contributed by atoms with Gasteiger partial charge in [0.2, 0.25) is 5.76 Å². The van der Waals surface area contributed by atoms with Gasteiger partial charge in [-0.3, -0.25) is 4.79 Å². The summed E-state index contributed by atoms with van der Waals surface area (Å²) < 4.78 is 9.91. The highest BCUT2D eigenvalue weighted by molar-refractivity contribution is 5.91. The van der Waals surface area contributed by atoms with Gasteiger partial charge in [-0.15, -0.1) is 0 Å². The first-order valence-corrected chi connectivity index (χ1v) is 4.11. The fourth-order valence-electron chi connectivity index (χ4n) is 0.815. The normalized spacial score (nSPS) is 17.8. The second-order valence-corrected chi connectivity index (χ2v) is 2.76. The molecule has 0 unspecified atom stereocenters. The maximum Gasteiger partial charge on any atom is 0.289 e. The van der Waals surface area contributed by atoms with Crippen LogP contribution < -0.4 is 5.32 Å². The second kappa shape index (κ2) is 4.71. The van der Waals surface area contributed by atoms with Gasteiger partial charge < -0.3 is 19.9 Å². The van der Waals surface area contributed by atoms with Crippen LogP contribution in [0.4, 0.5) is 0 Å². The highest BCUT2D eigenvalue weighted by Crippen LogP contribution is 2.03. The van der Waals surface area contributed by atoms with E-state index in [0.717, 1.165) is 0 Å². The molecule has 1 rings (SSSR count). The smallest absolute Gasteiger partial charge is 0.289 e. The number of carbonyl (C=O) groups excluding carboxylic acids is 1. The predicted molar refractivity (Wildman–Crippen MR) is 44.7 cm³/mol. The van der Waals surface area contributed by atoms with Gasteiger partial charge in [0.15, 0.2) is 0 Å². The van der Waals surface area contributed by atoms with E-state index in [4.69, 9.17) is 14.6 Å². The van der Waals surface area contributed by atoms with Crippen molar-refractivity contribution in [2.24, 2.45) is 0 Å². The number of hydrogen-bond acceptors (Lipinski definition) is 4. The maximum atomic E-state index is 11.2. The van der Waals surface area contributed by atoms with Crippen LogP contribution in [0.1, 0.15) is 6.92 Å². The molecule has 13 heavy (non-hydrogen) atoms. The van der Waals surface area contributed by atoms with Gasteiger partial charge in [-0.25, -0.2) is 0 Å². The summed E-state index contributed by atoms with van der Waals surface area (Å²) in [6.45, 7) is 2.65. The monoisotopic (exact) mass is 187 g/mol. The standard InChI is InChI=1S/C8H13NO4/c1-6(10)4-9-8(11)7-5-12-2-3-13-7/h5-6,10H,2-4H2,1H3,(H,9,11)/t6-/m1/s1. The highest BCUT2D eigenvalue weighted by atomic mass is 16.6. The van der Waals surface area contributed by atoms with Crippen LogP contribution in [0.3, 0.4) is 0 Å². The molecule has 0 aliphatic carbocycles. The molecule has 5 nitrogen and oxygen atoms in total. The van der Waals surface area contributed by atoms with Crippen molar-refractivity contribution in [2.75, 3.05) is 19.8 Å². The fraction of sp³-hybridized carbons (Fsp3) is 0.625.